The van der Waals surface area contributed by atoms with Crippen molar-refractivity contribution in [3.63, 3.8) is 0 Å². The molecule has 0 spiro atoms. The molecule has 1 heterocycles. The van der Waals surface area contributed by atoms with Crippen LogP contribution in [0.25, 0.3) is 0 Å². The number of nitrogen functional groups attached to an aromatic ring is 1. The predicted molar refractivity (Wildman–Crippen MR) is 133 cm³/mol. The molecule has 4 rings (SSSR count). The van der Waals surface area contributed by atoms with Gasteiger partial charge in [-0.2, -0.15) is 0 Å². The van der Waals surface area contributed by atoms with E-state index in [0.717, 1.165) is 61.5 Å². The van der Waals surface area contributed by atoms with Crippen LogP contribution in [0.5, 0.6) is 0 Å². The van der Waals surface area contributed by atoms with Crippen molar-refractivity contribution >= 4 is 29.1 Å². The third kappa shape index (κ3) is 6.02. The Balaban J connectivity index is 1.17. The van der Waals surface area contributed by atoms with Crippen molar-refractivity contribution in [2.75, 3.05) is 38.5 Å². The minimum Gasteiger partial charge on any atom is -0.398 e. The molecule has 3 N–H and O–H groups in total. The summed E-state index contributed by atoms with van der Waals surface area (Å²) in [6, 6.07) is 5.54. The second kappa shape index (κ2) is 10.2. The molecule has 2 atom stereocenters. The summed E-state index contributed by atoms with van der Waals surface area (Å²) in [5.41, 5.74) is 7.92. The number of anilines is 1. The Morgan fingerprint density at radius 3 is 2.45 bits per heavy atom. The number of nitrogens with zero attached hydrogens (tertiary/aromatic N) is 2. The van der Waals surface area contributed by atoms with Crippen LogP contribution in [0.2, 0.25) is 5.02 Å². The van der Waals surface area contributed by atoms with Gasteiger partial charge >= 0.3 is 0 Å². The van der Waals surface area contributed by atoms with E-state index in [9.17, 15) is 9.59 Å². The number of carbonyl (C=O) groups is 2. The van der Waals surface area contributed by atoms with E-state index < -0.39 is 0 Å². The highest BCUT2D eigenvalue weighted by molar-refractivity contribution is 6.30. The Hall–Kier alpha value is -1.79. The van der Waals surface area contributed by atoms with Crippen molar-refractivity contribution in [3.05, 3.63) is 28.8 Å². The van der Waals surface area contributed by atoms with Crippen molar-refractivity contribution in [3.8, 4) is 0 Å². The van der Waals surface area contributed by atoms with Crippen LogP contribution in [0.15, 0.2) is 18.2 Å². The van der Waals surface area contributed by atoms with E-state index in [1.807, 2.05) is 17.0 Å². The van der Waals surface area contributed by atoms with E-state index >= 15 is 0 Å². The summed E-state index contributed by atoms with van der Waals surface area (Å²) < 4.78 is 0. The van der Waals surface area contributed by atoms with Crippen molar-refractivity contribution in [1.29, 1.82) is 0 Å². The topological polar surface area (TPSA) is 78.7 Å². The average Bonchev–Trinajstić information content (AvgIpc) is 3.29. The number of piperazine rings is 1. The lowest BCUT2D eigenvalue weighted by Gasteiger charge is -2.35. The van der Waals surface area contributed by atoms with Crippen LogP contribution < -0.4 is 11.1 Å². The minimum absolute atomic E-state index is 0.00417. The van der Waals surface area contributed by atoms with E-state index in [1.54, 1.807) is 6.07 Å². The van der Waals surface area contributed by atoms with Gasteiger partial charge in [0, 0.05) is 49.9 Å². The number of nitrogens with two attached hydrogens (primary N) is 1. The fourth-order valence-corrected chi connectivity index (χ4v) is 6.70. The highest BCUT2D eigenvalue weighted by atomic mass is 35.5. The normalized spacial score (nSPS) is 29.8. The molecular weight excluding hydrogens is 436 g/mol. The smallest absolute Gasteiger partial charge is 0.242 e. The maximum atomic E-state index is 12.7. The van der Waals surface area contributed by atoms with Gasteiger partial charge in [-0.3, -0.25) is 14.5 Å². The van der Waals surface area contributed by atoms with Crippen LogP contribution in [-0.2, 0) is 16.1 Å². The van der Waals surface area contributed by atoms with Gasteiger partial charge in [-0.15, -0.1) is 0 Å². The summed E-state index contributed by atoms with van der Waals surface area (Å²) in [5.74, 6) is 2.51. The number of benzene rings is 1. The average molecular weight is 475 g/mol. The first-order chi connectivity index (χ1) is 15.7. The Bertz CT molecular complexity index is 854. The Labute approximate surface area is 203 Å². The second-order valence-electron chi connectivity index (χ2n) is 10.9. The summed E-state index contributed by atoms with van der Waals surface area (Å²) in [4.78, 5) is 29.4. The Morgan fingerprint density at radius 1 is 1.15 bits per heavy atom. The quantitative estimate of drug-likeness (QED) is 0.587. The van der Waals surface area contributed by atoms with Gasteiger partial charge < -0.3 is 16.0 Å². The monoisotopic (exact) mass is 474 g/mol. The highest BCUT2D eigenvalue weighted by Crippen LogP contribution is 2.56. The first-order valence-electron chi connectivity index (χ1n) is 12.6. The fourth-order valence-electron chi connectivity index (χ4n) is 6.51. The van der Waals surface area contributed by atoms with Crippen LogP contribution >= 0.6 is 11.6 Å². The first kappa shape index (κ1) is 24.3. The third-order valence-electron chi connectivity index (χ3n) is 8.27. The molecule has 1 aliphatic heterocycles. The molecule has 2 unspecified atom stereocenters. The zero-order chi connectivity index (χ0) is 23.6. The third-order valence-corrected chi connectivity index (χ3v) is 8.51. The van der Waals surface area contributed by atoms with E-state index in [-0.39, 0.29) is 23.8 Å². The van der Waals surface area contributed by atoms with Gasteiger partial charge in [0.05, 0.1) is 6.54 Å². The summed E-state index contributed by atoms with van der Waals surface area (Å²) in [7, 11) is 0. The van der Waals surface area contributed by atoms with E-state index in [1.165, 1.54) is 19.3 Å². The van der Waals surface area contributed by atoms with E-state index in [4.69, 9.17) is 17.3 Å². The summed E-state index contributed by atoms with van der Waals surface area (Å²) in [6.45, 7) is 8.27. The SMILES string of the molecule is CCC1CC2CC(C)(CC(=O)NCC(=O)N3CCN(Cc4cc(Cl)ccc4N)CC3)CC2C1. The first-order valence-corrected chi connectivity index (χ1v) is 12.9. The van der Waals surface area contributed by atoms with Crippen LogP contribution in [0.1, 0.15) is 57.9 Å². The Morgan fingerprint density at radius 2 is 1.82 bits per heavy atom. The summed E-state index contributed by atoms with van der Waals surface area (Å²) in [5, 5.41) is 3.59. The zero-order valence-electron chi connectivity index (χ0n) is 20.1. The lowest BCUT2D eigenvalue weighted by molar-refractivity contribution is -0.134. The zero-order valence-corrected chi connectivity index (χ0v) is 20.9. The van der Waals surface area contributed by atoms with Gasteiger partial charge in [0.15, 0.2) is 0 Å². The molecule has 2 aliphatic carbocycles. The molecule has 0 radical (unpaired) electrons. The molecule has 1 saturated heterocycles. The maximum absolute atomic E-state index is 12.7. The molecule has 2 saturated carbocycles. The molecule has 2 amide bonds. The summed E-state index contributed by atoms with van der Waals surface area (Å²) >= 11 is 6.10. The van der Waals surface area contributed by atoms with Gasteiger partial charge in [-0.05, 0) is 72.6 Å². The number of halogens is 1. The van der Waals surface area contributed by atoms with Gasteiger partial charge in [0.25, 0.3) is 0 Å². The minimum atomic E-state index is 0.00417. The van der Waals surface area contributed by atoms with Gasteiger partial charge in [0.2, 0.25) is 11.8 Å². The molecule has 0 bridgehead atoms. The van der Waals surface area contributed by atoms with Crippen LogP contribution in [0.4, 0.5) is 5.69 Å². The maximum Gasteiger partial charge on any atom is 0.242 e. The summed E-state index contributed by atoms with van der Waals surface area (Å²) in [6.07, 6.45) is 6.83. The van der Waals surface area contributed by atoms with Crippen LogP contribution in [-0.4, -0.2) is 54.3 Å². The molecule has 3 fully saturated rings. The lowest BCUT2D eigenvalue weighted by Crippen LogP contribution is -2.51. The molecule has 1 aromatic rings. The molecule has 6 nitrogen and oxygen atoms in total. The molecule has 3 aliphatic rings. The van der Waals surface area contributed by atoms with Crippen molar-refractivity contribution in [1.82, 2.24) is 15.1 Å². The van der Waals surface area contributed by atoms with E-state index in [2.05, 4.69) is 24.1 Å². The van der Waals surface area contributed by atoms with Crippen molar-refractivity contribution in [2.45, 2.75) is 58.9 Å². The van der Waals surface area contributed by atoms with Gasteiger partial charge in [-0.25, -0.2) is 0 Å². The molecule has 33 heavy (non-hydrogen) atoms. The molecule has 1 aromatic carbocycles. The predicted octanol–water partition coefficient (Wildman–Crippen LogP) is 3.93. The number of hydrogen-bond acceptors (Lipinski definition) is 4. The number of amides is 2. The molecule has 182 valence electrons. The van der Waals surface area contributed by atoms with Crippen molar-refractivity contribution < 1.29 is 9.59 Å². The van der Waals surface area contributed by atoms with Crippen LogP contribution in [0, 0.1) is 23.2 Å². The standard InChI is InChI=1S/C26H39ClN4O2/c1-3-18-10-19-13-26(2,14-20(19)11-18)15-24(32)29-16-25(33)31-8-6-30(7-9-31)17-21-12-22(27)4-5-23(21)28/h4-5,12,18-20H,3,6-11,13-17,28H2,1-2H3,(H,29,32). The highest BCUT2D eigenvalue weighted by Gasteiger charge is 2.47. The fraction of sp³-hybridized carbons (Fsp3) is 0.692. The molecular formula is C26H39ClN4O2. The second-order valence-corrected chi connectivity index (χ2v) is 11.4. The number of fused-ring (bicyclic) bond motifs is 1. The number of nitrogens with one attached hydrogen (secondary N) is 1. The van der Waals surface area contributed by atoms with Gasteiger partial charge in [-0.1, -0.05) is 31.9 Å². The largest absolute Gasteiger partial charge is 0.398 e. The van der Waals surface area contributed by atoms with E-state index in [0.29, 0.717) is 24.5 Å². The lowest BCUT2D eigenvalue weighted by atomic mass is 9.81. The molecule has 0 aromatic heterocycles. The number of carbonyl (C=O) groups excluding carboxylic acids is 2. The Kier molecular flexibility index (Phi) is 7.54. The molecule has 7 heteroatoms. The van der Waals surface area contributed by atoms with Crippen LogP contribution in [0.3, 0.4) is 0 Å². The van der Waals surface area contributed by atoms with Gasteiger partial charge in [0.1, 0.15) is 0 Å². The number of rotatable bonds is 7. The van der Waals surface area contributed by atoms with Crippen molar-refractivity contribution in [2.24, 2.45) is 23.2 Å². The number of hydrogen-bond donors (Lipinski definition) is 2.